The number of nitrogen functional groups attached to an aromatic ring is 1. The zero-order valence-electron chi connectivity index (χ0n) is 7.33. The highest BCUT2D eigenvalue weighted by Gasteiger charge is 1.93. The van der Waals surface area contributed by atoms with Gasteiger partial charge >= 0.3 is 0 Å². The van der Waals surface area contributed by atoms with Gasteiger partial charge in [-0.15, -0.1) is 0 Å². The Bertz CT molecular complexity index is 204. The smallest absolute Gasteiger partial charge is 0.147 e. The van der Waals surface area contributed by atoms with Crippen molar-refractivity contribution in [3.8, 4) is 0 Å². The van der Waals surface area contributed by atoms with Crippen LogP contribution in [0.3, 0.4) is 0 Å². The summed E-state index contributed by atoms with van der Waals surface area (Å²) in [6.07, 6.45) is 5.58. The second kappa shape index (κ2) is 5.72. The van der Waals surface area contributed by atoms with Gasteiger partial charge in [0.25, 0.3) is 0 Å². The molecule has 0 saturated carbocycles. The van der Waals surface area contributed by atoms with Gasteiger partial charge in [-0.25, -0.2) is 9.97 Å². The van der Waals surface area contributed by atoms with Crippen molar-refractivity contribution < 1.29 is 0 Å². The summed E-state index contributed by atoms with van der Waals surface area (Å²) < 4.78 is 0. The molecule has 0 unspecified atom stereocenters. The second-order valence-corrected chi connectivity index (χ2v) is 3.11. The number of nitrogens with zero attached hydrogens (tertiary/aromatic N) is 2. The number of halogens is 1. The largest absolute Gasteiger partial charge is 0.382 e. The first-order valence-electron chi connectivity index (χ1n) is 4.23. The molecule has 1 fully saturated rings. The van der Waals surface area contributed by atoms with Crippen LogP contribution in [-0.4, -0.2) is 23.1 Å². The molecular weight excluding hydrogens is 188 g/mol. The topological polar surface area (TPSA) is 63.8 Å². The third-order valence-corrected chi connectivity index (χ3v) is 1.79. The SMILES string of the molecule is C1CCNC1.Nc1cnc(Cl)cn1. The third-order valence-electron chi connectivity index (χ3n) is 1.60. The van der Waals surface area contributed by atoms with Crippen molar-refractivity contribution in [2.45, 2.75) is 12.8 Å². The molecule has 0 amide bonds. The highest BCUT2D eigenvalue weighted by atomic mass is 35.5. The van der Waals surface area contributed by atoms with Gasteiger partial charge in [0.1, 0.15) is 11.0 Å². The molecule has 5 heteroatoms. The lowest BCUT2D eigenvalue weighted by Crippen LogP contribution is -2.03. The predicted molar refractivity (Wildman–Crippen MR) is 53.6 cm³/mol. The van der Waals surface area contributed by atoms with Gasteiger partial charge in [0.15, 0.2) is 0 Å². The second-order valence-electron chi connectivity index (χ2n) is 2.72. The Morgan fingerprint density at radius 3 is 2.23 bits per heavy atom. The monoisotopic (exact) mass is 200 g/mol. The fourth-order valence-corrected chi connectivity index (χ4v) is 1.04. The van der Waals surface area contributed by atoms with Gasteiger partial charge in [0, 0.05) is 0 Å². The zero-order valence-corrected chi connectivity index (χ0v) is 8.09. The molecule has 1 aromatic heterocycles. The molecule has 13 heavy (non-hydrogen) atoms. The lowest BCUT2D eigenvalue weighted by Gasteiger charge is -1.87. The van der Waals surface area contributed by atoms with Crippen LogP contribution in [0.5, 0.6) is 0 Å². The molecule has 1 aliphatic heterocycles. The van der Waals surface area contributed by atoms with Gasteiger partial charge in [-0.1, -0.05) is 11.6 Å². The highest BCUT2D eigenvalue weighted by molar-refractivity contribution is 6.29. The van der Waals surface area contributed by atoms with Crippen molar-refractivity contribution >= 4 is 17.4 Å². The van der Waals surface area contributed by atoms with Gasteiger partial charge in [0.05, 0.1) is 12.4 Å². The zero-order chi connectivity index (χ0) is 9.52. The molecule has 2 heterocycles. The Labute approximate surface area is 82.5 Å². The van der Waals surface area contributed by atoms with Crippen LogP contribution >= 0.6 is 11.6 Å². The number of hydrogen-bond donors (Lipinski definition) is 2. The Morgan fingerprint density at radius 2 is 1.92 bits per heavy atom. The fourth-order valence-electron chi connectivity index (χ4n) is 0.947. The van der Waals surface area contributed by atoms with E-state index in [4.69, 9.17) is 17.3 Å². The molecule has 0 atom stereocenters. The molecule has 2 rings (SSSR count). The van der Waals surface area contributed by atoms with E-state index in [2.05, 4.69) is 15.3 Å². The van der Waals surface area contributed by atoms with Crippen LogP contribution < -0.4 is 11.1 Å². The molecule has 0 radical (unpaired) electrons. The summed E-state index contributed by atoms with van der Waals surface area (Å²) >= 11 is 5.38. The van der Waals surface area contributed by atoms with E-state index < -0.39 is 0 Å². The molecule has 0 spiro atoms. The lowest BCUT2D eigenvalue weighted by atomic mass is 10.4. The van der Waals surface area contributed by atoms with Crippen molar-refractivity contribution in [1.29, 1.82) is 0 Å². The number of anilines is 1. The van der Waals surface area contributed by atoms with Crippen LogP contribution in [0.25, 0.3) is 0 Å². The van der Waals surface area contributed by atoms with Crippen LogP contribution in [-0.2, 0) is 0 Å². The fraction of sp³-hybridized carbons (Fsp3) is 0.500. The number of nitrogens with two attached hydrogens (primary N) is 1. The molecule has 1 aromatic rings. The summed E-state index contributed by atoms with van der Waals surface area (Å²) in [6, 6.07) is 0. The summed E-state index contributed by atoms with van der Waals surface area (Å²) in [6.45, 7) is 2.50. The minimum absolute atomic E-state index is 0.360. The van der Waals surface area contributed by atoms with Crippen LogP contribution in [0.1, 0.15) is 12.8 Å². The maximum absolute atomic E-state index is 5.38. The number of hydrogen-bond acceptors (Lipinski definition) is 4. The first kappa shape index (κ1) is 10.2. The highest BCUT2D eigenvalue weighted by Crippen LogP contribution is 2.00. The molecule has 0 aromatic carbocycles. The Hall–Kier alpha value is -0.870. The predicted octanol–water partition coefficient (Wildman–Crippen LogP) is 1.08. The van der Waals surface area contributed by atoms with E-state index in [1.54, 1.807) is 0 Å². The maximum atomic E-state index is 5.38. The normalized spacial score (nSPS) is 14.8. The van der Waals surface area contributed by atoms with Gasteiger partial charge in [0.2, 0.25) is 0 Å². The van der Waals surface area contributed by atoms with Crippen LogP contribution in [0.15, 0.2) is 12.4 Å². The molecule has 1 saturated heterocycles. The Morgan fingerprint density at radius 1 is 1.23 bits per heavy atom. The molecule has 0 aliphatic carbocycles. The number of aromatic nitrogens is 2. The minimum atomic E-state index is 0.360. The molecule has 3 N–H and O–H groups in total. The quantitative estimate of drug-likeness (QED) is 0.658. The Kier molecular flexibility index (Phi) is 4.49. The van der Waals surface area contributed by atoms with Crippen molar-refractivity contribution in [2.75, 3.05) is 18.8 Å². The third kappa shape index (κ3) is 4.65. The number of rotatable bonds is 0. The first-order chi connectivity index (χ1) is 6.29. The van der Waals surface area contributed by atoms with E-state index in [0.717, 1.165) is 0 Å². The molecular formula is C8H13ClN4. The van der Waals surface area contributed by atoms with Crippen LogP contribution in [0, 0.1) is 0 Å². The van der Waals surface area contributed by atoms with Crippen LogP contribution in [0.4, 0.5) is 5.82 Å². The van der Waals surface area contributed by atoms with Gasteiger partial charge < -0.3 is 11.1 Å². The maximum Gasteiger partial charge on any atom is 0.147 e. The summed E-state index contributed by atoms with van der Waals surface area (Å²) in [5.74, 6) is 0.384. The van der Waals surface area contributed by atoms with E-state index in [9.17, 15) is 0 Å². The summed E-state index contributed by atoms with van der Waals surface area (Å²) in [4.78, 5) is 7.32. The van der Waals surface area contributed by atoms with Crippen LogP contribution in [0.2, 0.25) is 5.15 Å². The first-order valence-corrected chi connectivity index (χ1v) is 4.60. The van der Waals surface area contributed by atoms with E-state index in [-0.39, 0.29) is 0 Å². The van der Waals surface area contributed by atoms with Crippen molar-refractivity contribution in [3.05, 3.63) is 17.5 Å². The van der Waals surface area contributed by atoms with Crippen molar-refractivity contribution in [3.63, 3.8) is 0 Å². The van der Waals surface area contributed by atoms with E-state index >= 15 is 0 Å². The lowest BCUT2D eigenvalue weighted by molar-refractivity contribution is 0.857. The summed E-state index contributed by atoms with van der Waals surface area (Å²) in [7, 11) is 0. The van der Waals surface area contributed by atoms with Gasteiger partial charge in [-0.2, -0.15) is 0 Å². The van der Waals surface area contributed by atoms with E-state index in [1.165, 1.54) is 38.3 Å². The van der Waals surface area contributed by atoms with E-state index in [0.29, 0.717) is 11.0 Å². The average molecular weight is 201 g/mol. The Balaban J connectivity index is 0.000000145. The molecule has 72 valence electrons. The van der Waals surface area contributed by atoms with Gasteiger partial charge in [-0.05, 0) is 25.9 Å². The minimum Gasteiger partial charge on any atom is -0.382 e. The van der Waals surface area contributed by atoms with Crippen molar-refractivity contribution in [1.82, 2.24) is 15.3 Å². The summed E-state index contributed by atoms with van der Waals surface area (Å²) in [5, 5.41) is 3.58. The van der Waals surface area contributed by atoms with E-state index in [1.807, 2.05) is 0 Å². The molecule has 0 bridgehead atoms. The number of nitrogens with one attached hydrogen (secondary N) is 1. The summed E-state index contributed by atoms with van der Waals surface area (Å²) in [5.41, 5.74) is 5.19. The average Bonchev–Trinajstić information content (AvgIpc) is 2.68. The molecule has 4 nitrogen and oxygen atoms in total. The standard InChI is InChI=1S/C4H4ClN3.C4H9N/c5-3-1-8-4(6)2-7-3;1-2-4-5-3-1/h1-2H,(H2,6,8);5H,1-4H2. The molecule has 1 aliphatic rings. The van der Waals surface area contributed by atoms with Gasteiger partial charge in [-0.3, -0.25) is 0 Å². The van der Waals surface area contributed by atoms with Crippen molar-refractivity contribution in [2.24, 2.45) is 0 Å².